The van der Waals surface area contributed by atoms with Gasteiger partial charge in [-0.1, -0.05) is 13.3 Å². The first-order chi connectivity index (χ1) is 8.63. The highest BCUT2D eigenvalue weighted by Crippen LogP contribution is 2.26. The zero-order valence-corrected chi connectivity index (χ0v) is 13.1. The molecule has 1 saturated heterocycles. The molecule has 1 aliphatic rings. The quantitative estimate of drug-likeness (QED) is 0.922. The smallest absolute Gasteiger partial charge is 0.265 e. The molecule has 1 aromatic rings. The van der Waals surface area contributed by atoms with E-state index in [2.05, 4.69) is 44.8 Å². The van der Waals surface area contributed by atoms with E-state index < -0.39 is 0 Å². The average Bonchev–Trinajstić information content (AvgIpc) is 2.35. The van der Waals surface area contributed by atoms with Crippen LogP contribution in [0.3, 0.4) is 0 Å². The number of rotatable bonds is 3. The first-order valence-electron chi connectivity index (χ1n) is 6.20. The van der Waals surface area contributed by atoms with Crippen molar-refractivity contribution in [2.24, 2.45) is 0 Å². The average molecular weight is 332 g/mol. The Morgan fingerprint density at radius 2 is 2.39 bits per heavy atom. The van der Waals surface area contributed by atoms with Gasteiger partial charge in [0.2, 0.25) is 0 Å². The van der Waals surface area contributed by atoms with E-state index in [1.165, 1.54) is 0 Å². The number of nitrogens with zero attached hydrogens (tertiary/aromatic N) is 2. The molecule has 18 heavy (non-hydrogen) atoms. The van der Waals surface area contributed by atoms with Gasteiger partial charge in [0, 0.05) is 18.1 Å². The van der Waals surface area contributed by atoms with Crippen LogP contribution in [0.5, 0.6) is 0 Å². The van der Waals surface area contributed by atoms with E-state index in [9.17, 15) is 4.79 Å². The van der Waals surface area contributed by atoms with Gasteiger partial charge in [-0.05, 0) is 29.4 Å². The fourth-order valence-electron chi connectivity index (χ4n) is 2.06. The molecule has 1 unspecified atom stereocenters. The normalized spacial score (nSPS) is 21.2. The lowest BCUT2D eigenvalue weighted by Crippen LogP contribution is -2.35. The van der Waals surface area contributed by atoms with E-state index in [1.54, 1.807) is 0 Å². The zero-order chi connectivity index (χ0) is 13.1. The van der Waals surface area contributed by atoms with Crippen molar-refractivity contribution in [1.29, 1.82) is 0 Å². The number of aryl methyl sites for hydroxylation is 1. The second kappa shape index (κ2) is 6.21. The lowest BCUT2D eigenvalue weighted by atomic mass is 10.2. The molecule has 2 heterocycles. The van der Waals surface area contributed by atoms with Crippen molar-refractivity contribution in [2.75, 3.05) is 25.1 Å². The molecule has 4 nitrogen and oxygen atoms in total. The molecule has 0 amide bonds. The maximum Gasteiger partial charge on any atom is 0.265 e. The van der Waals surface area contributed by atoms with Crippen LogP contribution in [0.1, 0.15) is 30.9 Å². The third-order valence-electron chi connectivity index (χ3n) is 3.15. The lowest BCUT2D eigenvalue weighted by Gasteiger charge is -2.31. The summed E-state index contributed by atoms with van der Waals surface area (Å²) in [5, 5.41) is 0. The van der Waals surface area contributed by atoms with Crippen molar-refractivity contribution in [3.8, 4) is 0 Å². The summed E-state index contributed by atoms with van der Waals surface area (Å²) in [4.78, 5) is 21.7. The number of H-pyrrole nitrogens is 1. The Hall–Kier alpha value is -0.330. The summed E-state index contributed by atoms with van der Waals surface area (Å²) in [6, 6.07) is 0.222. The molecule has 1 N–H and O–H groups in total. The largest absolute Gasteiger partial charge is 0.308 e. The van der Waals surface area contributed by atoms with Crippen molar-refractivity contribution in [2.45, 2.75) is 25.8 Å². The molecule has 0 aromatic carbocycles. The third-order valence-corrected chi connectivity index (χ3v) is 4.99. The van der Waals surface area contributed by atoms with Gasteiger partial charge in [0.05, 0.1) is 11.7 Å². The fourth-order valence-corrected chi connectivity index (χ4v) is 3.66. The summed E-state index contributed by atoms with van der Waals surface area (Å²) in [6.45, 7) is 3.13. The van der Waals surface area contributed by atoms with Gasteiger partial charge in [-0.2, -0.15) is 11.8 Å². The molecule has 0 aliphatic carbocycles. The molecule has 1 fully saturated rings. The van der Waals surface area contributed by atoms with E-state index in [-0.39, 0.29) is 11.6 Å². The van der Waals surface area contributed by atoms with Crippen molar-refractivity contribution in [3.05, 3.63) is 26.3 Å². The molecular formula is C12H18BrN3OS. The van der Waals surface area contributed by atoms with E-state index in [0.717, 1.165) is 42.4 Å². The summed E-state index contributed by atoms with van der Waals surface area (Å²) < 4.78 is 0.583. The van der Waals surface area contributed by atoms with Crippen LogP contribution in [-0.2, 0) is 6.42 Å². The van der Waals surface area contributed by atoms with Gasteiger partial charge in [0.1, 0.15) is 10.3 Å². The first kappa shape index (κ1) is 14.1. The predicted molar refractivity (Wildman–Crippen MR) is 79.2 cm³/mol. The van der Waals surface area contributed by atoms with Crippen LogP contribution in [-0.4, -0.2) is 40.0 Å². The highest BCUT2D eigenvalue weighted by Gasteiger charge is 2.24. The molecule has 6 heteroatoms. The molecule has 1 aromatic heterocycles. The van der Waals surface area contributed by atoms with Gasteiger partial charge in [0.15, 0.2) is 0 Å². The summed E-state index contributed by atoms with van der Waals surface area (Å²) in [5.41, 5.74) is 0.813. The monoisotopic (exact) mass is 331 g/mol. The Kier molecular flexibility index (Phi) is 4.86. The maximum absolute atomic E-state index is 11.9. The number of hydrogen-bond acceptors (Lipinski definition) is 4. The number of nitrogens with one attached hydrogen (secondary N) is 1. The molecule has 0 bridgehead atoms. The minimum Gasteiger partial charge on any atom is -0.308 e. The van der Waals surface area contributed by atoms with Crippen LogP contribution in [0.25, 0.3) is 0 Å². The van der Waals surface area contributed by atoms with E-state index >= 15 is 0 Å². The molecule has 1 aliphatic heterocycles. The molecule has 2 rings (SSSR count). The van der Waals surface area contributed by atoms with Gasteiger partial charge in [0.25, 0.3) is 5.56 Å². The Bertz CT molecular complexity index is 477. The Morgan fingerprint density at radius 3 is 3.06 bits per heavy atom. The summed E-state index contributed by atoms with van der Waals surface area (Å²) >= 11 is 5.24. The van der Waals surface area contributed by atoms with E-state index in [1.807, 2.05) is 11.8 Å². The zero-order valence-electron chi connectivity index (χ0n) is 10.7. The molecular weight excluding hydrogens is 314 g/mol. The SMILES string of the molecule is CCCc1nc(C2CSCCN2C)[nH]c(=O)c1Br. The van der Waals surface area contributed by atoms with Gasteiger partial charge in [-0.3, -0.25) is 9.69 Å². The number of aromatic nitrogens is 2. The van der Waals surface area contributed by atoms with Crippen molar-refractivity contribution >= 4 is 27.7 Å². The van der Waals surface area contributed by atoms with Crippen LogP contribution in [0.4, 0.5) is 0 Å². The minimum absolute atomic E-state index is 0.0626. The van der Waals surface area contributed by atoms with Gasteiger partial charge < -0.3 is 4.98 Å². The van der Waals surface area contributed by atoms with Crippen molar-refractivity contribution in [1.82, 2.24) is 14.9 Å². The molecule has 0 saturated carbocycles. The van der Waals surface area contributed by atoms with Crippen molar-refractivity contribution < 1.29 is 0 Å². The van der Waals surface area contributed by atoms with Crippen LogP contribution >= 0.6 is 27.7 Å². The second-order valence-electron chi connectivity index (χ2n) is 4.53. The number of halogens is 1. The standard InChI is InChI=1S/C12H18BrN3OS/c1-3-4-8-10(13)12(17)15-11(14-8)9-7-18-6-5-16(9)2/h9H,3-7H2,1-2H3,(H,14,15,17). The molecule has 0 radical (unpaired) electrons. The van der Waals surface area contributed by atoms with Gasteiger partial charge >= 0.3 is 0 Å². The molecule has 1 atom stereocenters. The van der Waals surface area contributed by atoms with Gasteiger partial charge in [-0.25, -0.2) is 4.98 Å². The van der Waals surface area contributed by atoms with Crippen LogP contribution < -0.4 is 5.56 Å². The number of thioether (sulfide) groups is 1. The summed E-state index contributed by atoms with van der Waals surface area (Å²) in [5.74, 6) is 2.95. The van der Waals surface area contributed by atoms with E-state index in [0.29, 0.717) is 4.47 Å². The minimum atomic E-state index is -0.0626. The summed E-state index contributed by atoms with van der Waals surface area (Å²) in [7, 11) is 2.09. The Morgan fingerprint density at radius 1 is 1.61 bits per heavy atom. The van der Waals surface area contributed by atoms with Crippen LogP contribution in [0, 0.1) is 0 Å². The highest BCUT2D eigenvalue weighted by atomic mass is 79.9. The summed E-state index contributed by atoms with van der Waals surface area (Å²) in [6.07, 6.45) is 1.82. The number of hydrogen-bond donors (Lipinski definition) is 1. The Labute approximate surface area is 120 Å². The lowest BCUT2D eigenvalue weighted by molar-refractivity contribution is 0.263. The molecule has 100 valence electrons. The maximum atomic E-state index is 11.9. The predicted octanol–water partition coefficient (Wildman–Crippen LogP) is 2.20. The van der Waals surface area contributed by atoms with Gasteiger partial charge in [-0.15, -0.1) is 0 Å². The Balaban J connectivity index is 2.35. The fraction of sp³-hybridized carbons (Fsp3) is 0.667. The highest BCUT2D eigenvalue weighted by molar-refractivity contribution is 9.10. The van der Waals surface area contributed by atoms with E-state index in [4.69, 9.17) is 0 Å². The topological polar surface area (TPSA) is 49.0 Å². The van der Waals surface area contributed by atoms with Crippen LogP contribution in [0.2, 0.25) is 0 Å². The van der Waals surface area contributed by atoms with Crippen molar-refractivity contribution in [3.63, 3.8) is 0 Å². The molecule has 0 spiro atoms. The van der Waals surface area contributed by atoms with Crippen LogP contribution in [0.15, 0.2) is 9.27 Å². The second-order valence-corrected chi connectivity index (χ2v) is 6.48. The third kappa shape index (κ3) is 2.97. The first-order valence-corrected chi connectivity index (χ1v) is 8.14. The number of aromatic amines is 1.